The molecule has 0 spiro atoms. The van der Waals surface area contributed by atoms with Gasteiger partial charge in [-0.25, -0.2) is 0 Å². The van der Waals surface area contributed by atoms with E-state index < -0.39 is 17.7 Å². The lowest BCUT2D eigenvalue weighted by Gasteiger charge is -2.23. The molecule has 4 aromatic rings. The van der Waals surface area contributed by atoms with E-state index in [-0.39, 0.29) is 16.5 Å². The van der Waals surface area contributed by atoms with Crippen molar-refractivity contribution < 1.29 is 28.9 Å². The third kappa shape index (κ3) is 5.23. The molecule has 0 aliphatic carbocycles. The first-order chi connectivity index (χ1) is 19.9. The summed E-state index contributed by atoms with van der Waals surface area (Å²) in [5, 5.41) is 20.9. The fourth-order valence-electron chi connectivity index (χ4n) is 4.62. The molecule has 2 aliphatic heterocycles. The molecule has 9 nitrogen and oxygen atoms in total. The Morgan fingerprint density at radius 2 is 1.88 bits per heavy atom. The highest BCUT2D eigenvalue weighted by molar-refractivity contribution is 8.00. The average Bonchev–Trinajstić information content (AvgIpc) is 3.57. The van der Waals surface area contributed by atoms with E-state index in [0.717, 1.165) is 5.56 Å². The fraction of sp³-hybridized carbons (Fsp3) is 0.172. The van der Waals surface area contributed by atoms with E-state index in [9.17, 15) is 14.7 Å². The first kappa shape index (κ1) is 27.1. The van der Waals surface area contributed by atoms with Crippen molar-refractivity contribution in [3.63, 3.8) is 0 Å². The van der Waals surface area contributed by atoms with Gasteiger partial charge in [0.05, 0.1) is 18.7 Å². The number of ether oxygens (including phenoxy) is 3. The minimum absolute atomic E-state index is 0.0830. The van der Waals surface area contributed by atoms with Gasteiger partial charge < -0.3 is 19.3 Å². The smallest absolute Gasteiger partial charge is 0.301 e. The second-order valence-corrected chi connectivity index (χ2v) is 11.6. The molecule has 208 valence electrons. The monoisotopic (exact) mass is 607 g/mol. The number of amides is 1. The van der Waals surface area contributed by atoms with Crippen LogP contribution < -0.4 is 19.1 Å². The summed E-state index contributed by atoms with van der Waals surface area (Å²) < 4.78 is 17.2. The van der Waals surface area contributed by atoms with Gasteiger partial charge in [0, 0.05) is 16.3 Å². The fourth-order valence-corrected chi connectivity index (χ4v) is 6.77. The molecule has 1 unspecified atom stereocenters. The quantitative estimate of drug-likeness (QED) is 0.0903. The second-order valence-electron chi connectivity index (χ2n) is 9.03. The van der Waals surface area contributed by atoms with E-state index in [1.54, 1.807) is 42.5 Å². The molecule has 41 heavy (non-hydrogen) atoms. The van der Waals surface area contributed by atoms with Crippen molar-refractivity contribution in [3.8, 4) is 17.2 Å². The molecule has 1 saturated heterocycles. The number of nitrogens with zero attached hydrogens (tertiary/aromatic N) is 3. The van der Waals surface area contributed by atoms with Gasteiger partial charge in [0.25, 0.3) is 5.78 Å². The number of anilines is 1. The topological polar surface area (TPSA) is 111 Å². The van der Waals surface area contributed by atoms with Crippen molar-refractivity contribution in [3.05, 3.63) is 94.0 Å². The third-order valence-electron chi connectivity index (χ3n) is 6.58. The van der Waals surface area contributed by atoms with Crippen molar-refractivity contribution in [2.24, 2.45) is 0 Å². The molecule has 1 N–H and O–H groups in total. The number of carbonyl (C=O) groups excluding carboxylic acids is 2. The number of rotatable bonds is 7. The second kappa shape index (κ2) is 11.4. The van der Waals surface area contributed by atoms with Gasteiger partial charge in [-0.15, -0.1) is 10.2 Å². The number of thioether (sulfide) groups is 1. The highest BCUT2D eigenvalue weighted by Crippen LogP contribution is 2.45. The summed E-state index contributed by atoms with van der Waals surface area (Å²) in [6, 6.07) is 18.4. The van der Waals surface area contributed by atoms with E-state index in [0.29, 0.717) is 56.7 Å². The maximum absolute atomic E-state index is 13.5. The summed E-state index contributed by atoms with van der Waals surface area (Å²) in [5.74, 6) is 0.0527. The number of fused-ring (bicyclic) bond motifs is 1. The van der Waals surface area contributed by atoms with Crippen LogP contribution in [-0.2, 0) is 15.3 Å². The first-order valence-corrected chi connectivity index (χ1v) is 14.7. The number of Topliss-reactive ketones (excluding diaryl/α,β-unsaturated/α-hetero) is 1. The summed E-state index contributed by atoms with van der Waals surface area (Å²) in [6.07, 6.45) is 0. The molecule has 1 aromatic heterocycles. The summed E-state index contributed by atoms with van der Waals surface area (Å²) in [6.45, 7) is 0.777. The SMILES string of the molecule is COc1cccc(C2/C(=C(\O)c3ccc4c(c3)OCCO4)C(=O)C(=O)N2c2nnc(SCc3ccccc3Cl)s2)c1. The van der Waals surface area contributed by atoms with Crippen LogP contribution in [0.2, 0.25) is 5.02 Å². The van der Waals surface area contributed by atoms with Crippen molar-refractivity contribution in [1.82, 2.24) is 10.2 Å². The lowest BCUT2D eigenvalue weighted by Crippen LogP contribution is -2.29. The Hall–Kier alpha value is -4.06. The summed E-state index contributed by atoms with van der Waals surface area (Å²) in [7, 11) is 1.53. The molecule has 0 bridgehead atoms. The number of aliphatic hydroxyl groups is 1. The zero-order chi connectivity index (χ0) is 28.5. The van der Waals surface area contributed by atoms with Crippen LogP contribution in [0, 0.1) is 0 Å². The predicted octanol–water partition coefficient (Wildman–Crippen LogP) is 5.89. The Bertz CT molecular complexity index is 1690. The van der Waals surface area contributed by atoms with E-state index in [1.807, 2.05) is 24.3 Å². The summed E-state index contributed by atoms with van der Waals surface area (Å²) >= 11 is 8.89. The van der Waals surface area contributed by atoms with E-state index in [1.165, 1.54) is 35.1 Å². The van der Waals surface area contributed by atoms with E-state index >= 15 is 0 Å². The largest absolute Gasteiger partial charge is 0.507 e. The Labute approximate surface area is 248 Å². The van der Waals surface area contributed by atoms with Gasteiger partial charge in [-0.05, 0) is 47.5 Å². The van der Waals surface area contributed by atoms with Gasteiger partial charge in [0.2, 0.25) is 5.13 Å². The van der Waals surface area contributed by atoms with E-state index in [4.69, 9.17) is 25.8 Å². The standard InChI is InChI=1S/C29H22ClN3O6S2/c1-37-19-7-4-6-16(13-19)24-23(25(34)17-9-10-21-22(14-17)39-12-11-38-21)26(35)27(36)33(24)28-31-32-29(41-28)40-15-18-5-2-3-8-20(18)30/h2-10,13-14,24,34H,11-12,15H2,1H3/b25-23+. The molecule has 2 aliphatic rings. The van der Waals surface area contributed by atoms with Crippen molar-refractivity contribution in [1.29, 1.82) is 0 Å². The zero-order valence-electron chi connectivity index (χ0n) is 21.6. The average molecular weight is 608 g/mol. The highest BCUT2D eigenvalue weighted by Gasteiger charge is 2.48. The minimum atomic E-state index is -0.979. The number of ketones is 1. The minimum Gasteiger partial charge on any atom is -0.507 e. The molecule has 12 heteroatoms. The van der Waals surface area contributed by atoms with Crippen molar-refractivity contribution in [2.45, 2.75) is 16.1 Å². The normalized spacial score (nSPS) is 17.6. The van der Waals surface area contributed by atoms with Gasteiger partial charge in [0.1, 0.15) is 24.7 Å². The number of halogens is 1. The van der Waals surface area contributed by atoms with Gasteiger partial charge in [0.15, 0.2) is 15.8 Å². The number of aliphatic hydroxyl groups excluding tert-OH is 1. The lowest BCUT2D eigenvalue weighted by molar-refractivity contribution is -0.132. The molecule has 1 atom stereocenters. The maximum atomic E-state index is 13.5. The van der Waals surface area contributed by atoms with Crippen LogP contribution in [0.5, 0.6) is 17.2 Å². The lowest BCUT2D eigenvalue weighted by atomic mass is 9.95. The third-order valence-corrected chi connectivity index (χ3v) is 9.05. The Balaban J connectivity index is 1.40. The van der Waals surface area contributed by atoms with Gasteiger partial charge in [-0.1, -0.05) is 65.0 Å². The number of methoxy groups -OCH3 is 1. The van der Waals surface area contributed by atoms with Crippen molar-refractivity contribution >= 4 is 57.3 Å². The molecule has 0 saturated carbocycles. The first-order valence-electron chi connectivity index (χ1n) is 12.5. The van der Waals surface area contributed by atoms with Crippen LogP contribution in [0.25, 0.3) is 5.76 Å². The molecule has 6 rings (SSSR count). The Morgan fingerprint density at radius 3 is 2.68 bits per heavy atom. The summed E-state index contributed by atoms with van der Waals surface area (Å²) in [5.41, 5.74) is 1.73. The molecular formula is C29H22ClN3O6S2. The van der Waals surface area contributed by atoms with Crippen LogP contribution in [0.4, 0.5) is 5.13 Å². The van der Waals surface area contributed by atoms with Crippen LogP contribution in [0.1, 0.15) is 22.7 Å². The number of benzene rings is 3. The van der Waals surface area contributed by atoms with Crippen LogP contribution in [-0.4, -0.2) is 47.3 Å². The molecule has 3 heterocycles. The number of aromatic nitrogens is 2. The Morgan fingerprint density at radius 1 is 1.07 bits per heavy atom. The van der Waals surface area contributed by atoms with Crippen LogP contribution in [0.15, 0.2) is 76.6 Å². The van der Waals surface area contributed by atoms with Gasteiger partial charge in [-0.3, -0.25) is 14.5 Å². The van der Waals surface area contributed by atoms with Gasteiger partial charge >= 0.3 is 5.91 Å². The predicted molar refractivity (Wildman–Crippen MR) is 156 cm³/mol. The highest BCUT2D eigenvalue weighted by atomic mass is 35.5. The zero-order valence-corrected chi connectivity index (χ0v) is 24.0. The molecule has 3 aromatic carbocycles. The summed E-state index contributed by atoms with van der Waals surface area (Å²) in [4.78, 5) is 28.3. The van der Waals surface area contributed by atoms with E-state index in [2.05, 4.69) is 10.2 Å². The maximum Gasteiger partial charge on any atom is 0.301 e. The molecular weight excluding hydrogens is 586 g/mol. The van der Waals surface area contributed by atoms with Gasteiger partial charge in [-0.2, -0.15) is 0 Å². The Kier molecular flexibility index (Phi) is 7.57. The number of hydrogen-bond acceptors (Lipinski definition) is 10. The van der Waals surface area contributed by atoms with Crippen molar-refractivity contribution in [2.75, 3.05) is 25.2 Å². The van der Waals surface area contributed by atoms with Crippen LogP contribution >= 0.6 is 34.7 Å². The number of carbonyl (C=O) groups is 2. The molecule has 1 fully saturated rings. The van der Waals surface area contributed by atoms with Crippen LogP contribution in [0.3, 0.4) is 0 Å². The number of hydrogen-bond donors (Lipinski definition) is 1. The molecule has 0 radical (unpaired) electrons. The molecule has 1 amide bonds.